The van der Waals surface area contributed by atoms with Crippen LogP contribution in [0, 0.1) is 11.8 Å². The first-order valence-electron chi connectivity index (χ1n) is 9.25. The average Bonchev–Trinajstić information content (AvgIpc) is 2.54. The second-order valence-corrected chi connectivity index (χ2v) is 7.54. The molecule has 3 aliphatic rings. The van der Waals surface area contributed by atoms with Crippen molar-refractivity contribution in [2.75, 3.05) is 26.4 Å². The first-order chi connectivity index (χ1) is 10.3. The average molecular weight is 295 g/mol. The monoisotopic (exact) mass is 295 g/mol. The highest BCUT2D eigenvalue weighted by Crippen LogP contribution is 2.35. The van der Waals surface area contributed by atoms with Gasteiger partial charge < -0.3 is 14.8 Å². The van der Waals surface area contributed by atoms with E-state index in [1.807, 2.05) is 0 Å². The summed E-state index contributed by atoms with van der Waals surface area (Å²) < 4.78 is 11.6. The van der Waals surface area contributed by atoms with Crippen LogP contribution in [0.5, 0.6) is 0 Å². The Bertz CT molecular complexity index is 301. The number of nitrogens with one attached hydrogen (secondary N) is 1. The molecule has 2 heterocycles. The number of rotatable bonds is 4. The van der Waals surface area contributed by atoms with Gasteiger partial charge in [0.1, 0.15) is 0 Å². The minimum atomic E-state index is 0.133. The summed E-state index contributed by atoms with van der Waals surface area (Å²) in [6.07, 6.45) is 11.7. The quantitative estimate of drug-likeness (QED) is 0.861. The van der Waals surface area contributed by atoms with E-state index in [1.165, 1.54) is 51.5 Å². The van der Waals surface area contributed by atoms with Crippen molar-refractivity contribution in [3.05, 3.63) is 0 Å². The Morgan fingerprint density at radius 1 is 0.952 bits per heavy atom. The molecule has 2 aliphatic heterocycles. The zero-order chi connectivity index (χ0) is 14.5. The molecule has 1 spiro atoms. The van der Waals surface area contributed by atoms with Crippen LogP contribution in [0.25, 0.3) is 0 Å². The predicted molar refractivity (Wildman–Crippen MR) is 85.5 cm³/mol. The Labute approximate surface area is 130 Å². The van der Waals surface area contributed by atoms with Crippen LogP contribution in [0.1, 0.15) is 64.7 Å². The van der Waals surface area contributed by atoms with Crippen LogP contribution in [0.2, 0.25) is 0 Å². The van der Waals surface area contributed by atoms with Crippen LogP contribution in [-0.4, -0.2) is 38.0 Å². The Hall–Kier alpha value is -0.120. The summed E-state index contributed by atoms with van der Waals surface area (Å²) in [5, 5.41) is 3.87. The van der Waals surface area contributed by atoms with Crippen LogP contribution >= 0.6 is 0 Å². The van der Waals surface area contributed by atoms with Gasteiger partial charge in [0.2, 0.25) is 0 Å². The molecule has 1 atom stereocenters. The minimum absolute atomic E-state index is 0.133. The highest BCUT2D eigenvalue weighted by Gasteiger charge is 2.39. The van der Waals surface area contributed by atoms with Gasteiger partial charge in [0.15, 0.2) is 0 Å². The molecule has 3 nitrogen and oxygen atoms in total. The van der Waals surface area contributed by atoms with Crippen molar-refractivity contribution in [2.24, 2.45) is 11.8 Å². The van der Waals surface area contributed by atoms with Gasteiger partial charge in [-0.25, -0.2) is 0 Å². The van der Waals surface area contributed by atoms with Gasteiger partial charge in [0, 0.05) is 25.9 Å². The minimum Gasteiger partial charge on any atom is -0.381 e. The summed E-state index contributed by atoms with van der Waals surface area (Å²) in [6, 6.07) is 0.667. The third-order valence-corrected chi connectivity index (χ3v) is 6.14. The molecule has 122 valence electrons. The highest BCUT2D eigenvalue weighted by atomic mass is 16.5. The van der Waals surface area contributed by atoms with E-state index >= 15 is 0 Å². The molecule has 0 aromatic heterocycles. The maximum absolute atomic E-state index is 6.14. The molecule has 0 amide bonds. The van der Waals surface area contributed by atoms with Crippen LogP contribution in [0.4, 0.5) is 0 Å². The molecule has 0 bridgehead atoms. The smallest absolute Gasteiger partial charge is 0.0741 e. The molecule has 21 heavy (non-hydrogen) atoms. The predicted octanol–water partition coefficient (Wildman–Crippen LogP) is 3.52. The van der Waals surface area contributed by atoms with Gasteiger partial charge in [-0.2, -0.15) is 0 Å². The first-order valence-corrected chi connectivity index (χ1v) is 9.25. The molecule has 3 rings (SSSR count). The zero-order valence-corrected chi connectivity index (χ0v) is 13.7. The lowest BCUT2D eigenvalue weighted by Crippen LogP contribution is -2.50. The van der Waals surface area contributed by atoms with Crippen molar-refractivity contribution in [3.63, 3.8) is 0 Å². The lowest BCUT2D eigenvalue weighted by atomic mass is 9.80. The van der Waals surface area contributed by atoms with Crippen molar-refractivity contribution in [3.8, 4) is 0 Å². The van der Waals surface area contributed by atoms with Crippen molar-refractivity contribution >= 4 is 0 Å². The molecule has 0 aromatic rings. The summed E-state index contributed by atoms with van der Waals surface area (Å²) in [5.74, 6) is 1.93. The Morgan fingerprint density at radius 3 is 2.38 bits per heavy atom. The van der Waals surface area contributed by atoms with Crippen molar-refractivity contribution < 1.29 is 9.47 Å². The maximum Gasteiger partial charge on any atom is 0.0741 e. The third kappa shape index (κ3) is 4.20. The summed E-state index contributed by atoms with van der Waals surface area (Å²) in [5.41, 5.74) is 0.133. The van der Waals surface area contributed by atoms with Crippen molar-refractivity contribution in [1.82, 2.24) is 5.32 Å². The van der Waals surface area contributed by atoms with E-state index in [0.717, 1.165) is 44.5 Å². The van der Waals surface area contributed by atoms with Gasteiger partial charge in [0.25, 0.3) is 0 Å². The Balaban J connectivity index is 1.41. The van der Waals surface area contributed by atoms with Crippen molar-refractivity contribution in [1.29, 1.82) is 0 Å². The lowest BCUT2D eigenvalue weighted by molar-refractivity contribution is -0.140. The molecule has 0 radical (unpaired) electrons. The normalized spacial score (nSPS) is 36.7. The largest absolute Gasteiger partial charge is 0.381 e. The summed E-state index contributed by atoms with van der Waals surface area (Å²) in [6.45, 7) is 6.27. The van der Waals surface area contributed by atoms with Gasteiger partial charge in [-0.3, -0.25) is 0 Å². The Kier molecular flexibility index (Phi) is 5.58. The second kappa shape index (κ2) is 7.43. The summed E-state index contributed by atoms with van der Waals surface area (Å²) >= 11 is 0. The van der Waals surface area contributed by atoms with E-state index in [9.17, 15) is 0 Å². The van der Waals surface area contributed by atoms with Crippen molar-refractivity contribution in [2.45, 2.75) is 76.4 Å². The van der Waals surface area contributed by atoms with E-state index in [0.29, 0.717) is 6.04 Å². The van der Waals surface area contributed by atoms with Gasteiger partial charge in [-0.1, -0.05) is 26.2 Å². The maximum atomic E-state index is 6.14. The van der Waals surface area contributed by atoms with Crippen LogP contribution in [0.15, 0.2) is 0 Å². The molecule has 1 saturated carbocycles. The fourth-order valence-electron chi connectivity index (χ4n) is 4.47. The van der Waals surface area contributed by atoms with Gasteiger partial charge in [-0.05, 0) is 56.9 Å². The summed E-state index contributed by atoms with van der Waals surface area (Å²) in [7, 11) is 0. The lowest BCUT2D eigenvalue weighted by Gasteiger charge is -2.44. The first kappa shape index (κ1) is 15.8. The molecule has 3 heteroatoms. The summed E-state index contributed by atoms with van der Waals surface area (Å²) in [4.78, 5) is 0. The molecule has 0 aromatic carbocycles. The zero-order valence-electron chi connectivity index (χ0n) is 13.7. The Morgan fingerprint density at radius 2 is 1.67 bits per heavy atom. The SMILES string of the molecule is CCC1CCC(CNC2CCOC3(CCOCC3)C2)CC1. The second-order valence-electron chi connectivity index (χ2n) is 7.54. The third-order valence-electron chi connectivity index (χ3n) is 6.14. The number of hydrogen-bond acceptors (Lipinski definition) is 3. The fraction of sp³-hybridized carbons (Fsp3) is 1.00. The van der Waals surface area contributed by atoms with Gasteiger partial charge in [-0.15, -0.1) is 0 Å². The molecular weight excluding hydrogens is 262 g/mol. The van der Waals surface area contributed by atoms with Crippen LogP contribution in [0.3, 0.4) is 0 Å². The highest BCUT2D eigenvalue weighted by molar-refractivity contribution is 4.92. The molecule has 1 aliphatic carbocycles. The van der Waals surface area contributed by atoms with Crippen LogP contribution in [-0.2, 0) is 9.47 Å². The molecule has 2 saturated heterocycles. The fourth-order valence-corrected chi connectivity index (χ4v) is 4.47. The van der Waals surface area contributed by atoms with E-state index < -0.39 is 0 Å². The van der Waals surface area contributed by atoms with E-state index in [1.54, 1.807) is 0 Å². The van der Waals surface area contributed by atoms with E-state index in [-0.39, 0.29) is 5.60 Å². The van der Waals surface area contributed by atoms with Gasteiger partial charge in [0.05, 0.1) is 5.60 Å². The number of hydrogen-bond donors (Lipinski definition) is 1. The van der Waals surface area contributed by atoms with Crippen LogP contribution < -0.4 is 5.32 Å². The van der Waals surface area contributed by atoms with E-state index in [2.05, 4.69) is 12.2 Å². The molecule has 1 unspecified atom stereocenters. The molecule has 1 N–H and O–H groups in total. The van der Waals surface area contributed by atoms with Gasteiger partial charge >= 0.3 is 0 Å². The topological polar surface area (TPSA) is 30.5 Å². The number of ether oxygens (including phenoxy) is 2. The molecule has 3 fully saturated rings. The van der Waals surface area contributed by atoms with E-state index in [4.69, 9.17) is 9.47 Å². The molecular formula is C18H33NO2. The standard InChI is InChI=1S/C18H33NO2/c1-2-15-3-5-16(6-4-15)14-19-17-7-10-21-18(13-17)8-11-20-12-9-18/h15-17,19H,2-14H2,1H3.